The molecule has 1 aromatic heterocycles. The SMILES string of the molecule is CCC(Cc1ccccc1)NCCc1ncon1. The molecule has 96 valence electrons. The van der Waals surface area contributed by atoms with Crippen LogP contribution in [-0.4, -0.2) is 22.7 Å². The van der Waals surface area contributed by atoms with Crippen LogP contribution in [-0.2, 0) is 12.8 Å². The molecule has 0 aliphatic carbocycles. The largest absolute Gasteiger partial charge is 0.343 e. The van der Waals surface area contributed by atoms with Gasteiger partial charge in [-0.05, 0) is 18.4 Å². The third kappa shape index (κ3) is 3.96. The number of hydrogen-bond acceptors (Lipinski definition) is 4. The lowest BCUT2D eigenvalue weighted by Gasteiger charge is -2.16. The van der Waals surface area contributed by atoms with Gasteiger partial charge in [0.25, 0.3) is 0 Å². The van der Waals surface area contributed by atoms with Crippen LogP contribution in [0, 0.1) is 0 Å². The van der Waals surface area contributed by atoms with E-state index in [1.54, 1.807) is 0 Å². The third-order valence-electron chi connectivity index (χ3n) is 3.01. The fourth-order valence-electron chi connectivity index (χ4n) is 1.95. The fraction of sp³-hybridized carbons (Fsp3) is 0.429. The number of hydrogen-bond donors (Lipinski definition) is 1. The molecule has 2 aromatic rings. The molecule has 0 radical (unpaired) electrons. The van der Waals surface area contributed by atoms with Gasteiger partial charge in [0.2, 0.25) is 6.39 Å². The summed E-state index contributed by atoms with van der Waals surface area (Å²) in [5.74, 6) is 0.761. The smallest absolute Gasteiger partial charge is 0.213 e. The van der Waals surface area contributed by atoms with E-state index in [0.717, 1.165) is 31.6 Å². The van der Waals surface area contributed by atoms with Crippen molar-refractivity contribution in [3.63, 3.8) is 0 Å². The zero-order valence-corrected chi connectivity index (χ0v) is 10.7. The fourth-order valence-corrected chi connectivity index (χ4v) is 1.95. The van der Waals surface area contributed by atoms with Gasteiger partial charge in [0.15, 0.2) is 5.82 Å². The highest BCUT2D eigenvalue weighted by Gasteiger charge is 2.07. The molecule has 0 aliphatic rings. The van der Waals surface area contributed by atoms with Gasteiger partial charge in [0, 0.05) is 19.0 Å². The summed E-state index contributed by atoms with van der Waals surface area (Å²) in [6, 6.07) is 11.1. The topological polar surface area (TPSA) is 51.0 Å². The zero-order chi connectivity index (χ0) is 12.6. The minimum Gasteiger partial charge on any atom is -0.343 e. The Bertz CT molecular complexity index is 428. The van der Waals surface area contributed by atoms with Crippen molar-refractivity contribution >= 4 is 0 Å². The Morgan fingerprint density at radius 2 is 2.11 bits per heavy atom. The highest BCUT2D eigenvalue weighted by atomic mass is 16.5. The minimum atomic E-state index is 0.499. The van der Waals surface area contributed by atoms with Gasteiger partial charge in [-0.2, -0.15) is 4.98 Å². The van der Waals surface area contributed by atoms with E-state index in [-0.39, 0.29) is 0 Å². The maximum absolute atomic E-state index is 4.71. The Labute approximate surface area is 107 Å². The van der Waals surface area contributed by atoms with Crippen molar-refractivity contribution < 1.29 is 4.52 Å². The minimum absolute atomic E-state index is 0.499. The number of aromatic nitrogens is 2. The molecule has 18 heavy (non-hydrogen) atoms. The van der Waals surface area contributed by atoms with E-state index in [9.17, 15) is 0 Å². The normalized spacial score (nSPS) is 12.5. The summed E-state index contributed by atoms with van der Waals surface area (Å²) in [7, 11) is 0. The van der Waals surface area contributed by atoms with E-state index < -0.39 is 0 Å². The molecular weight excluding hydrogens is 226 g/mol. The number of nitrogens with zero attached hydrogens (tertiary/aromatic N) is 2. The van der Waals surface area contributed by atoms with Gasteiger partial charge < -0.3 is 9.84 Å². The van der Waals surface area contributed by atoms with E-state index in [1.807, 2.05) is 6.07 Å². The average Bonchev–Trinajstić information content (AvgIpc) is 2.92. The molecular formula is C14H19N3O. The van der Waals surface area contributed by atoms with E-state index in [1.165, 1.54) is 12.0 Å². The van der Waals surface area contributed by atoms with Crippen LogP contribution in [0.25, 0.3) is 0 Å². The van der Waals surface area contributed by atoms with Crippen LogP contribution >= 0.6 is 0 Å². The molecule has 1 unspecified atom stereocenters. The lowest BCUT2D eigenvalue weighted by Crippen LogP contribution is -2.32. The van der Waals surface area contributed by atoms with Gasteiger partial charge >= 0.3 is 0 Å². The Morgan fingerprint density at radius 3 is 2.78 bits per heavy atom. The van der Waals surface area contributed by atoms with Crippen molar-refractivity contribution in [2.45, 2.75) is 32.2 Å². The molecule has 4 nitrogen and oxygen atoms in total. The molecule has 0 amide bonds. The highest BCUT2D eigenvalue weighted by molar-refractivity contribution is 5.15. The lowest BCUT2D eigenvalue weighted by atomic mass is 10.0. The summed E-state index contributed by atoms with van der Waals surface area (Å²) in [4.78, 5) is 4.01. The third-order valence-corrected chi connectivity index (χ3v) is 3.01. The quantitative estimate of drug-likeness (QED) is 0.812. The van der Waals surface area contributed by atoms with Crippen molar-refractivity contribution in [2.24, 2.45) is 0 Å². The molecule has 1 heterocycles. The van der Waals surface area contributed by atoms with Gasteiger partial charge in [-0.1, -0.05) is 42.4 Å². The molecule has 0 spiro atoms. The van der Waals surface area contributed by atoms with Crippen LogP contribution in [0.4, 0.5) is 0 Å². The molecule has 1 atom stereocenters. The molecule has 2 rings (SSSR count). The van der Waals surface area contributed by atoms with Gasteiger partial charge in [0.05, 0.1) is 0 Å². The molecule has 0 fully saturated rings. The van der Waals surface area contributed by atoms with Crippen LogP contribution in [0.5, 0.6) is 0 Å². The van der Waals surface area contributed by atoms with E-state index in [4.69, 9.17) is 4.52 Å². The van der Waals surface area contributed by atoms with Gasteiger partial charge in [-0.3, -0.25) is 0 Å². The molecule has 0 saturated carbocycles. The maximum Gasteiger partial charge on any atom is 0.213 e. The first kappa shape index (κ1) is 12.8. The first-order chi connectivity index (χ1) is 8.88. The first-order valence-corrected chi connectivity index (χ1v) is 6.41. The Balaban J connectivity index is 1.75. The standard InChI is InChI=1S/C14H19N3O/c1-2-13(10-12-6-4-3-5-7-12)15-9-8-14-16-11-18-17-14/h3-7,11,13,15H,2,8-10H2,1H3. The predicted molar refractivity (Wildman–Crippen MR) is 70.2 cm³/mol. The van der Waals surface area contributed by atoms with E-state index in [0.29, 0.717) is 6.04 Å². The van der Waals surface area contributed by atoms with Crippen LogP contribution in [0.3, 0.4) is 0 Å². The maximum atomic E-state index is 4.71. The molecule has 0 aliphatic heterocycles. The Hall–Kier alpha value is -1.68. The monoisotopic (exact) mass is 245 g/mol. The predicted octanol–water partition coefficient (Wildman–Crippen LogP) is 2.22. The second-order valence-electron chi connectivity index (χ2n) is 4.35. The van der Waals surface area contributed by atoms with Gasteiger partial charge in [-0.15, -0.1) is 0 Å². The molecule has 0 bridgehead atoms. The van der Waals surface area contributed by atoms with E-state index in [2.05, 4.69) is 46.6 Å². The van der Waals surface area contributed by atoms with Crippen molar-refractivity contribution in [3.05, 3.63) is 48.1 Å². The van der Waals surface area contributed by atoms with Gasteiger partial charge in [0.1, 0.15) is 0 Å². The van der Waals surface area contributed by atoms with Crippen LogP contribution in [0.1, 0.15) is 24.7 Å². The van der Waals surface area contributed by atoms with Crippen LogP contribution in [0.15, 0.2) is 41.2 Å². The summed E-state index contributed by atoms with van der Waals surface area (Å²) in [5.41, 5.74) is 1.37. The lowest BCUT2D eigenvalue weighted by molar-refractivity contribution is 0.407. The summed E-state index contributed by atoms with van der Waals surface area (Å²) in [6.07, 6.45) is 4.35. The summed E-state index contributed by atoms with van der Waals surface area (Å²) >= 11 is 0. The second-order valence-corrected chi connectivity index (χ2v) is 4.35. The number of benzene rings is 1. The molecule has 4 heteroatoms. The van der Waals surface area contributed by atoms with Crippen LogP contribution in [0.2, 0.25) is 0 Å². The zero-order valence-electron chi connectivity index (χ0n) is 10.7. The first-order valence-electron chi connectivity index (χ1n) is 6.41. The second kappa shape index (κ2) is 6.91. The summed E-state index contributed by atoms with van der Waals surface area (Å²) < 4.78 is 4.71. The molecule has 0 saturated heterocycles. The van der Waals surface area contributed by atoms with Crippen LogP contribution < -0.4 is 5.32 Å². The van der Waals surface area contributed by atoms with Crippen molar-refractivity contribution in [1.29, 1.82) is 0 Å². The number of rotatable bonds is 7. The molecule has 1 aromatic carbocycles. The summed E-state index contributed by atoms with van der Waals surface area (Å²) in [6.45, 7) is 3.08. The van der Waals surface area contributed by atoms with Gasteiger partial charge in [-0.25, -0.2) is 0 Å². The average molecular weight is 245 g/mol. The van der Waals surface area contributed by atoms with Crippen molar-refractivity contribution in [3.8, 4) is 0 Å². The molecule has 1 N–H and O–H groups in total. The van der Waals surface area contributed by atoms with Crippen molar-refractivity contribution in [2.75, 3.05) is 6.54 Å². The Morgan fingerprint density at radius 1 is 1.28 bits per heavy atom. The number of nitrogens with one attached hydrogen (secondary N) is 1. The Kier molecular flexibility index (Phi) is 4.90. The van der Waals surface area contributed by atoms with Crippen molar-refractivity contribution in [1.82, 2.24) is 15.5 Å². The summed E-state index contributed by atoms with van der Waals surface area (Å²) in [5, 5.41) is 7.33. The highest BCUT2D eigenvalue weighted by Crippen LogP contribution is 2.05. The van der Waals surface area contributed by atoms with E-state index >= 15 is 0 Å².